The van der Waals surface area contributed by atoms with Crippen LogP contribution in [0.5, 0.6) is 0 Å². The molecule has 0 radical (unpaired) electrons. The van der Waals surface area contributed by atoms with Crippen LogP contribution in [-0.4, -0.2) is 52.0 Å². The first-order valence-corrected chi connectivity index (χ1v) is 6.41. The molecule has 0 unspecified atom stereocenters. The summed E-state index contributed by atoms with van der Waals surface area (Å²) in [5.41, 5.74) is 0. The van der Waals surface area contributed by atoms with E-state index in [-0.39, 0.29) is 5.91 Å². The highest BCUT2D eigenvalue weighted by molar-refractivity contribution is 5.75. The summed E-state index contributed by atoms with van der Waals surface area (Å²) in [5, 5.41) is 6.14. The second kappa shape index (κ2) is 9.39. The average Bonchev–Trinajstić information content (AvgIpc) is 2.36. The Kier molecular flexibility index (Phi) is 7.96. The van der Waals surface area contributed by atoms with Crippen molar-refractivity contribution in [2.24, 2.45) is 0 Å². The van der Waals surface area contributed by atoms with Crippen LogP contribution in [0.3, 0.4) is 0 Å². The molecule has 100 valence electrons. The quantitative estimate of drug-likeness (QED) is 0.603. The molecule has 1 aliphatic heterocycles. The number of amides is 1. The smallest absolute Gasteiger partial charge is 0.220 e. The van der Waals surface area contributed by atoms with Gasteiger partial charge in [0.2, 0.25) is 5.91 Å². The van der Waals surface area contributed by atoms with Crippen LogP contribution < -0.4 is 10.6 Å². The summed E-state index contributed by atoms with van der Waals surface area (Å²) in [6.07, 6.45) is 3.81. The number of methoxy groups -OCH3 is 1. The number of rotatable bonds is 8. The fourth-order valence-corrected chi connectivity index (χ4v) is 1.84. The molecule has 5 heteroatoms. The largest absolute Gasteiger partial charge is 0.385 e. The van der Waals surface area contributed by atoms with Crippen LogP contribution in [0.4, 0.5) is 0 Å². The Bertz CT molecular complexity index is 206. The second-order valence-electron chi connectivity index (χ2n) is 4.27. The van der Waals surface area contributed by atoms with Crippen molar-refractivity contribution in [3.05, 3.63) is 0 Å². The van der Waals surface area contributed by atoms with Crippen LogP contribution >= 0.6 is 0 Å². The maximum absolute atomic E-state index is 11.3. The molecule has 1 aliphatic rings. The molecule has 0 aliphatic carbocycles. The molecule has 0 bridgehead atoms. The van der Waals surface area contributed by atoms with Gasteiger partial charge in [0.05, 0.1) is 12.7 Å². The highest BCUT2D eigenvalue weighted by atomic mass is 16.5. The monoisotopic (exact) mass is 244 g/mol. The van der Waals surface area contributed by atoms with E-state index in [0.717, 1.165) is 32.4 Å². The Morgan fingerprint density at radius 2 is 2.12 bits per heavy atom. The molecule has 1 rings (SSSR count). The minimum absolute atomic E-state index is 0.0796. The topological polar surface area (TPSA) is 59.6 Å². The molecule has 0 aromatic carbocycles. The third-order valence-corrected chi connectivity index (χ3v) is 2.82. The van der Waals surface area contributed by atoms with E-state index in [4.69, 9.17) is 9.47 Å². The van der Waals surface area contributed by atoms with Gasteiger partial charge in [-0.1, -0.05) is 0 Å². The SMILES string of the molecule is COCCCC(=O)NCCOC1CCNCC1. The lowest BCUT2D eigenvalue weighted by Crippen LogP contribution is -2.34. The number of piperidine rings is 1. The Morgan fingerprint density at radius 1 is 1.35 bits per heavy atom. The van der Waals surface area contributed by atoms with E-state index in [1.807, 2.05) is 0 Å². The number of hydrogen-bond acceptors (Lipinski definition) is 4. The highest BCUT2D eigenvalue weighted by Crippen LogP contribution is 2.06. The van der Waals surface area contributed by atoms with Crippen molar-refractivity contribution >= 4 is 5.91 Å². The zero-order valence-corrected chi connectivity index (χ0v) is 10.7. The molecular formula is C12H24N2O3. The maximum Gasteiger partial charge on any atom is 0.220 e. The van der Waals surface area contributed by atoms with E-state index in [1.165, 1.54) is 0 Å². The van der Waals surface area contributed by atoms with E-state index in [2.05, 4.69) is 10.6 Å². The van der Waals surface area contributed by atoms with Crippen LogP contribution in [-0.2, 0) is 14.3 Å². The van der Waals surface area contributed by atoms with Gasteiger partial charge in [0.25, 0.3) is 0 Å². The molecule has 0 aromatic rings. The van der Waals surface area contributed by atoms with Crippen molar-refractivity contribution in [2.75, 3.05) is 40.0 Å². The molecule has 0 atom stereocenters. The molecule has 1 amide bonds. The molecule has 0 aromatic heterocycles. The third-order valence-electron chi connectivity index (χ3n) is 2.82. The summed E-state index contributed by atoms with van der Waals surface area (Å²) in [6.45, 7) is 3.93. The Balaban J connectivity index is 1.90. The first kappa shape index (κ1) is 14.4. The van der Waals surface area contributed by atoms with Gasteiger partial charge in [0, 0.05) is 26.7 Å². The molecule has 1 fully saturated rings. The molecule has 1 saturated heterocycles. The van der Waals surface area contributed by atoms with E-state index in [0.29, 0.717) is 32.3 Å². The maximum atomic E-state index is 11.3. The van der Waals surface area contributed by atoms with E-state index < -0.39 is 0 Å². The van der Waals surface area contributed by atoms with Gasteiger partial charge in [-0.3, -0.25) is 4.79 Å². The number of hydrogen-bond donors (Lipinski definition) is 2. The van der Waals surface area contributed by atoms with Crippen LogP contribution in [0.1, 0.15) is 25.7 Å². The first-order valence-electron chi connectivity index (χ1n) is 6.41. The molecule has 5 nitrogen and oxygen atoms in total. The predicted octanol–water partition coefficient (Wildman–Crippen LogP) is 0.298. The Labute approximate surface area is 103 Å². The molecular weight excluding hydrogens is 220 g/mol. The van der Waals surface area contributed by atoms with Crippen molar-refractivity contribution in [2.45, 2.75) is 31.8 Å². The fraction of sp³-hybridized carbons (Fsp3) is 0.917. The van der Waals surface area contributed by atoms with Crippen molar-refractivity contribution in [3.8, 4) is 0 Å². The molecule has 0 spiro atoms. The van der Waals surface area contributed by atoms with Crippen molar-refractivity contribution < 1.29 is 14.3 Å². The molecule has 17 heavy (non-hydrogen) atoms. The van der Waals surface area contributed by atoms with E-state index in [1.54, 1.807) is 7.11 Å². The van der Waals surface area contributed by atoms with Gasteiger partial charge in [0.1, 0.15) is 0 Å². The van der Waals surface area contributed by atoms with Crippen molar-refractivity contribution in [1.29, 1.82) is 0 Å². The number of ether oxygens (including phenoxy) is 2. The van der Waals surface area contributed by atoms with Gasteiger partial charge in [-0.25, -0.2) is 0 Å². The third kappa shape index (κ3) is 7.31. The average molecular weight is 244 g/mol. The second-order valence-corrected chi connectivity index (χ2v) is 4.27. The van der Waals surface area contributed by atoms with Crippen molar-refractivity contribution in [1.82, 2.24) is 10.6 Å². The van der Waals surface area contributed by atoms with Crippen LogP contribution in [0.25, 0.3) is 0 Å². The summed E-state index contributed by atoms with van der Waals surface area (Å²) >= 11 is 0. The minimum atomic E-state index is 0.0796. The van der Waals surface area contributed by atoms with Gasteiger partial charge < -0.3 is 20.1 Å². The summed E-state index contributed by atoms with van der Waals surface area (Å²) in [6, 6.07) is 0. The summed E-state index contributed by atoms with van der Waals surface area (Å²) < 4.78 is 10.6. The molecule has 1 heterocycles. The summed E-state index contributed by atoms with van der Waals surface area (Å²) in [4.78, 5) is 11.3. The summed E-state index contributed by atoms with van der Waals surface area (Å²) in [5.74, 6) is 0.0796. The number of carbonyl (C=O) groups is 1. The van der Waals surface area contributed by atoms with Crippen molar-refractivity contribution in [3.63, 3.8) is 0 Å². The predicted molar refractivity (Wildman–Crippen MR) is 66.0 cm³/mol. The zero-order valence-electron chi connectivity index (χ0n) is 10.7. The fourth-order valence-electron chi connectivity index (χ4n) is 1.84. The Hall–Kier alpha value is -0.650. The standard InChI is InChI=1S/C12H24N2O3/c1-16-9-2-3-12(15)14-8-10-17-11-4-6-13-7-5-11/h11,13H,2-10H2,1H3,(H,14,15). The normalized spacial score (nSPS) is 17.0. The van der Waals surface area contributed by atoms with Gasteiger partial charge >= 0.3 is 0 Å². The Morgan fingerprint density at radius 3 is 2.82 bits per heavy atom. The van der Waals surface area contributed by atoms with Crippen LogP contribution in [0, 0.1) is 0 Å². The number of nitrogens with one attached hydrogen (secondary N) is 2. The van der Waals surface area contributed by atoms with Crippen LogP contribution in [0.2, 0.25) is 0 Å². The first-order chi connectivity index (χ1) is 8.33. The van der Waals surface area contributed by atoms with Crippen LogP contribution in [0.15, 0.2) is 0 Å². The van der Waals surface area contributed by atoms with Gasteiger partial charge in [0.15, 0.2) is 0 Å². The van der Waals surface area contributed by atoms with E-state index in [9.17, 15) is 4.79 Å². The lowest BCUT2D eigenvalue weighted by Gasteiger charge is -2.22. The van der Waals surface area contributed by atoms with Gasteiger partial charge in [-0.2, -0.15) is 0 Å². The van der Waals surface area contributed by atoms with Gasteiger partial charge in [-0.15, -0.1) is 0 Å². The highest BCUT2D eigenvalue weighted by Gasteiger charge is 2.12. The molecule has 0 saturated carbocycles. The lowest BCUT2D eigenvalue weighted by molar-refractivity contribution is -0.121. The molecule has 2 N–H and O–H groups in total. The summed E-state index contributed by atoms with van der Waals surface area (Å²) in [7, 11) is 1.64. The zero-order chi connectivity index (χ0) is 12.3. The van der Waals surface area contributed by atoms with E-state index >= 15 is 0 Å². The number of carbonyl (C=O) groups excluding carboxylic acids is 1. The van der Waals surface area contributed by atoms with Gasteiger partial charge in [-0.05, 0) is 32.4 Å². The lowest BCUT2D eigenvalue weighted by atomic mass is 10.1. The minimum Gasteiger partial charge on any atom is -0.385 e.